The number of anilines is 1. The van der Waals surface area contributed by atoms with E-state index < -0.39 is 0 Å². The lowest BCUT2D eigenvalue weighted by atomic mass is 10.0. The normalized spacial score (nSPS) is 12.7. The highest BCUT2D eigenvalue weighted by Gasteiger charge is 1.99. The maximum Gasteiger partial charge on any atom is 0.204 e. The van der Waals surface area contributed by atoms with Crippen LogP contribution in [-0.4, -0.2) is 16.7 Å². The molecule has 1 atom stereocenters. The maximum atomic E-state index is 4.93. The molecule has 1 aromatic heterocycles. The summed E-state index contributed by atoms with van der Waals surface area (Å²) >= 11 is 6.42. The van der Waals surface area contributed by atoms with Gasteiger partial charge in [-0.05, 0) is 31.0 Å². The third-order valence-electron chi connectivity index (χ3n) is 2.28. The van der Waals surface area contributed by atoms with Gasteiger partial charge in [-0.25, -0.2) is 0 Å². The second kappa shape index (κ2) is 6.14. The molecule has 0 spiro atoms. The molecule has 0 saturated carbocycles. The van der Waals surface area contributed by atoms with Crippen LogP contribution >= 0.6 is 23.6 Å². The molecule has 0 unspecified atom stereocenters. The lowest BCUT2D eigenvalue weighted by Crippen LogP contribution is -2.03. The highest BCUT2D eigenvalue weighted by Crippen LogP contribution is 2.12. The van der Waals surface area contributed by atoms with Gasteiger partial charge in [-0.1, -0.05) is 31.6 Å². The van der Waals surface area contributed by atoms with Crippen molar-refractivity contribution in [3.63, 3.8) is 0 Å². The largest absolute Gasteiger partial charge is 0.360 e. The van der Waals surface area contributed by atoms with Crippen molar-refractivity contribution < 1.29 is 0 Å². The number of aromatic nitrogens is 2. The average molecular weight is 231 g/mol. The SMILES string of the molecule is CC[C@@H](C)CCCNc1n[nH]c(=S)s1. The first kappa shape index (κ1) is 11.7. The molecule has 0 bridgehead atoms. The Morgan fingerprint density at radius 3 is 3.00 bits per heavy atom. The summed E-state index contributed by atoms with van der Waals surface area (Å²) in [6.45, 7) is 5.51. The van der Waals surface area contributed by atoms with Gasteiger partial charge in [0.1, 0.15) is 0 Å². The molecule has 0 aliphatic carbocycles. The molecule has 1 heterocycles. The Bertz CT molecular complexity index is 305. The van der Waals surface area contributed by atoms with Gasteiger partial charge in [-0.15, -0.1) is 5.10 Å². The monoisotopic (exact) mass is 231 g/mol. The van der Waals surface area contributed by atoms with Gasteiger partial charge in [0.15, 0.2) is 3.95 Å². The smallest absolute Gasteiger partial charge is 0.204 e. The third-order valence-corrected chi connectivity index (χ3v) is 3.33. The Hall–Kier alpha value is -0.420. The number of nitrogens with zero attached hydrogens (tertiary/aromatic N) is 1. The van der Waals surface area contributed by atoms with Crippen LogP contribution in [0, 0.1) is 9.87 Å². The molecule has 0 aliphatic heterocycles. The quantitative estimate of drug-likeness (QED) is 0.582. The molecule has 1 rings (SSSR count). The molecule has 2 N–H and O–H groups in total. The van der Waals surface area contributed by atoms with Crippen LogP contribution in [0.15, 0.2) is 0 Å². The molecule has 0 saturated heterocycles. The van der Waals surface area contributed by atoms with E-state index in [1.54, 1.807) is 0 Å². The van der Waals surface area contributed by atoms with Crippen LogP contribution in [0.1, 0.15) is 33.1 Å². The summed E-state index contributed by atoms with van der Waals surface area (Å²) in [6, 6.07) is 0. The summed E-state index contributed by atoms with van der Waals surface area (Å²) in [5.74, 6) is 0.828. The molecule has 0 aromatic carbocycles. The minimum absolute atomic E-state index is 0.731. The van der Waals surface area contributed by atoms with Gasteiger partial charge < -0.3 is 5.32 Å². The summed E-state index contributed by atoms with van der Waals surface area (Å²) in [5.41, 5.74) is 0. The Morgan fingerprint density at radius 2 is 2.43 bits per heavy atom. The highest BCUT2D eigenvalue weighted by atomic mass is 32.1. The lowest BCUT2D eigenvalue weighted by molar-refractivity contribution is 0.503. The first-order valence-electron chi connectivity index (χ1n) is 5.01. The van der Waals surface area contributed by atoms with Gasteiger partial charge in [-0.3, -0.25) is 5.10 Å². The van der Waals surface area contributed by atoms with E-state index in [4.69, 9.17) is 12.2 Å². The van der Waals surface area contributed by atoms with Crippen molar-refractivity contribution in [2.24, 2.45) is 5.92 Å². The van der Waals surface area contributed by atoms with Gasteiger partial charge in [0.05, 0.1) is 0 Å². The molecule has 0 amide bonds. The molecule has 1 aromatic rings. The van der Waals surface area contributed by atoms with Crippen molar-refractivity contribution in [2.75, 3.05) is 11.9 Å². The number of hydrogen-bond acceptors (Lipinski definition) is 4. The molecule has 0 radical (unpaired) electrons. The van der Waals surface area contributed by atoms with E-state index in [2.05, 4.69) is 29.4 Å². The van der Waals surface area contributed by atoms with E-state index in [1.807, 2.05) is 0 Å². The highest BCUT2D eigenvalue weighted by molar-refractivity contribution is 7.73. The van der Waals surface area contributed by atoms with Crippen LogP contribution < -0.4 is 5.32 Å². The van der Waals surface area contributed by atoms with Crippen molar-refractivity contribution in [1.29, 1.82) is 0 Å². The topological polar surface area (TPSA) is 40.7 Å². The van der Waals surface area contributed by atoms with Gasteiger partial charge in [-0.2, -0.15) is 0 Å². The van der Waals surface area contributed by atoms with Gasteiger partial charge in [0.2, 0.25) is 5.13 Å². The Kier molecular flexibility index (Phi) is 5.11. The fourth-order valence-electron chi connectivity index (χ4n) is 1.16. The second-order valence-electron chi connectivity index (χ2n) is 3.50. The van der Waals surface area contributed by atoms with Crippen molar-refractivity contribution in [1.82, 2.24) is 10.2 Å². The molecular formula is C9H17N3S2. The third kappa shape index (κ3) is 4.19. The minimum Gasteiger partial charge on any atom is -0.360 e. The Morgan fingerprint density at radius 1 is 1.64 bits per heavy atom. The molecule has 0 fully saturated rings. The van der Waals surface area contributed by atoms with Gasteiger partial charge in [0, 0.05) is 6.54 Å². The molecular weight excluding hydrogens is 214 g/mol. The van der Waals surface area contributed by atoms with E-state index in [0.717, 1.165) is 21.5 Å². The lowest BCUT2D eigenvalue weighted by Gasteiger charge is -2.07. The van der Waals surface area contributed by atoms with Crippen LogP contribution in [-0.2, 0) is 0 Å². The zero-order chi connectivity index (χ0) is 10.4. The van der Waals surface area contributed by atoms with Crippen molar-refractivity contribution in [3.8, 4) is 0 Å². The van der Waals surface area contributed by atoms with Crippen molar-refractivity contribution >= 4 is 28.7 Å². The van der Waals surface area contributed by atoms with Crippen LogP contribution in [0.5, 0.6) is 0 Å². The summed E-state index contributed by atoms with van der Waals surface area (Å²) in [4.78, 5) is 0. The average Bonchev–Trinajstić information content (AvgIpc) is 2.58. The van der Waals surface area contributed by atoms with Gasteiger partial charge >= 0.3 is 0 Å². The van der Waals surface area contributed by atoms with Crippen molar-refractivity contribution in [2.45, 2.75) is 33.1 Å². The molecule has 3 nitrogen and oxygen atoms in total. The zero-order valence-electron chi connectivity index (χ0n) is 8.67. The van der Waals surface area contributed by atoms with Crippen LogP contribution in [0.2, 0.25) is 0 Å². The number of nitrogens with one attached hydrogen (secondary N) is 2. The molecule has 0 aliphatic rings. The first-order valence-corrected chi connectivity index (χ1v) is 6.24. The first-order chi connectivity index (χ1) is 6.72. The standard InChI is InChI=1S/C9H17N3S2/c1-3-7(2)5-4-6-10-8-11-12-9(13)14-8/h7H,3-6H2,1-2H3,(H,10,11)(H,12,13)/t7-/m1/s1. The van der Waals surface area contributed by atoms with E-state index in [1.165, 1.54) is 30.6 Å². The number of hydrogen-bond donors (Lipinski definition) is 2. The summed E-state index contributed by atoms with van der Waals surface area (Å²) in [5, 5.41) is 10.9. The number of rotatable bonds is 6. The van der Waals surface area contributed by atoms with E-state index in [0.29, 0.717) is 0 Å². The summed E-state index contributed by atoms with van der Waals surface area (Å²) in [7, 11) is 0. The van der Waals surface area contributed by atoms with Crippen LogP contribution in [0.25, 0.3) is 0 Å². The van der Waals surface area contributed by atoms with E-state index in [9.17, 15) is 0 Å². The van der Waals surface area contributed by atoms with Crippen molar-refractivity contribution in [3.05, 3.63) is 3.95 Å². The predicted molar refractivity (Wildman–Crippen MR) is 64.5 cm³/mol. The Labute approximate surface area is 93.9 Å². The van der Waals surface area contributed by atoms with Crippen LogP contribution in [0.4, 0.5) is 5.13 Å². The minimum atomic E-state index is 0.731. The molecule has 5 heteroatoms. The zero-order valence-corrected chi connectivity index (χ0v) is 10.3. The van der Waals surface area contributed by atoms with Crippen LogP contribution in [0.3, 0.4) is 0 Å². The van der Waals surface area contributed by atoms with E-state index >= 15 is 0 Å². The predicted octanol–water partition coefficient (Wildman–Crippen LogP) is 3.44. The molecule has 80 valence electrons. The molecule has 14 heavy (non-hydrogen) atoms. The van der Waals surface area contributed by atoms with Gasteiger partial charge in [0.25, 0.3) is 0 Å². The fraction of sp³-hybridized carbons (Fsp3) is 0.778. The summed E-state index contributed by atoms with van der Waals surface area (Å²) < 4.78 is 0.731. The van der Waals surface area contributed by atoms with E-state index in [-0.39, 0.29) is 0 Å². The Balaban J connectivity index is 2.13. The number of H-pyrrole nitrogens is 1. The number of aromatic amines is 1. The maximum absolute atomic E-state index is 4.93. The fourth-order valence-corrected chi connectivity index (χ4v) is 1.97. The summed E-state index contributed by atoms with van der Waals surface area (Å²) in [6.07, 6.45) is 3.74. The second-order valence-corrected chi connectivity index (χ2v) is 5.17.